The summed E-state index contributed by atoms with van der Waals surface area (Å²) in [5.74, 6) is -0.720. The Morgan fingerprint density at radius 2 is 2.11 bits per heavy atom. The standard InChI is InChI=1S/C13H18FN3O2/c1-9(15)13(18)16-11-6-10(14)7-12(8-11)17-2-4-19-5-3-17/h6-9H,2-5,15H2,1H3,(H,16,18). The van der Waals surface area contributed by atoms with Crippen LogP contribution < -0.4 is 16.0 Å². The maximum Gasteiger partial charge on any atom is 0.241 e. The zero-order valence-electron chi connectivity index (χ0n) is 10.9. The van der Waals surface area contributed by atoms with E-state index in [4.69, 9.17) is 10.5 Å². The summed E-state index contributed by atoms with van der Waals surface area (Å²) in [4.78, 5) is 13.5. The van der Waals surface area contributed by atoms with Gasteiger partial charge < -0.3 is 20.7 Å². The second-order valence-corrected chi connectivity index (χ2v) is 4.58. The number of benzene rings is 1. The minimum absolute atomic E-state index is 0.335. The van der Waals surface area contributed by atoms with Crippen LogP contribution in [0.25, 0.3) is 0 Å². The third-order valence-corrected chi connectivity index (χ3v) is 2.94. The van der Waals surface area contributed by atoms with Crippen molar-refractivity contribution in [2.75, 3.05) is 36.5 Å². The highest BCUT2D eigenvalue weighted by Crippen LogP contribution is 2.22. The lowest BCUT2D eigenvalue weighted by atomic mass is 10.2. The van der Waals surface area contributed by atoms with Crippen molar-refractivity contribution in [2.24, 2.45) is 5.73 Å². The van der Waals surface area contributed by atoms with Gasteiger partial charge in [0.15, 0.2) is 0 Å². The van der Waals surface area contributed by atoms with E-state index in [0.29, 0.717) is 32.0 Å². The molecule has 1 aliphatic rings. The van der Waals surface area contributed by atoms with E-state index >= 15 is 0 Å². The van der Waals surface area contributed by atoms with Crippen molar-refractivity contribution in [3.63, 3.8) is 0 Å². The van der Waals surface area contributed by atoms with E-state index in [9.17, 15) is 9.18 Å². The number of anilines is 2. The fourth-order valence-corrected chi connectivity index (χ4v) is 1.91. The molecule has 1 aromatic rings. The van der Waals surface area contributed by atoms with E-state index in [2.05, 4.69) is 5.32 Å². The Balaban J connectivity index is 2.16. The molecule has 0 spiro atoms. The molecular formula is C13H18FN3O2. The van der Waals surface area contributed by atoms with Crippen LogP contribution in [0.15, 0.2) is 18.2 Å². The lowest BCUT2D eigenvalue weighted by Gasteiger charge is -2.29. The Kier molecular flexibility index (Phi) is 4.34. The van der Waals surface area contributed by atoms with Crippen LogP contribution in [0.5, 0.6) is 0 Å². The molecule has 1 aromatic carbocycles. The second-order valence-electron chi connectivity index (χ2n) is 4.58. The lowest BCUT2D eigenvalue weighted by molar-refractivity contribution is -0.117. The van der Waals surface area contributed by atoms with Gasteiger partial charge in [-0.05, 0) is 25.1 Å². The molecule has 1 unspecified atom stereocenters. The van der Waals surface area contributed by atoms with Crippen molar-refractivity contribution in [2.45, 2.75) is 13.0 Å². The van der Waals surface area contributed by atoms with Gasteiger partial charge >= 0.3 is 0 Å². The van der Waals surface area contributed by atoms with Crippen LogP contribution in [0.1, 0.15) is 6.92 Å². The first kappa shape index (κ1) is 13.8. The highest BCUT2D eigenvalue weighted by molar-refractivity contribution is 5.94. The van der Waals surface area contributed by atoms with Crippen molar-refractivity contribution >= 4 is 17.3 Å². The van der Waals surface area contributed by atoms with E-state index < -0.39 is 6.04 Å². The van der Waals surface area contributed by atoms with Crippen molar-refractivity contribution in [1.29, 1.82) is 0 Å². The topological polar surface area (TPSA) is 67.6 Å². The molecule has 19 heavy (non-hydrogen) atoms. The summed E-state index contributed by atoms with van der Waals surface area (Å²) in [5.41, 5.74) is 6.63. The number of carbonyl (C=O) groups is 1. The van der Waals surface area contributed by atoms with Crippen LogP contribution in [0.2, 0.25) is 0 Å². The minimum atomic E-state index is -0.630. The molecule has 104 valence electrons. The molecule has 1 heterocycles. The van der Waals surface area contributed by atoms with Gasteiger partial charge in [0, 0.05) is 24.5 Å². The van der Waals surface area contributed by atoms with Crippen molar-refractivity contribution < 1.29 is 13.9 Å². The maximum atomic E-state index is 13.6. The van der Waals surface area contributed by atoms with Gasteiger partial charge in [0.1, 0.15) is 5.82 Å². The quantitative estimate of drug-likeness (QED) is 0.855. The van der Waals surface area contributed by atoms with E-state index in [-0.39, 0.29) is 11.7 Å². The largest absolute Gasteiger partial charge is 0.378 e. The van der Waals surface area contributed by atoms with Gasteiger partial charge in [0.05, 0.1) is 19.3 Å². The number of morpholine rings is 1. The molecule has 0 saturated carbocycles. The smallest absolute Gasteiger partial charge is 0.241 e. The van der Waals surface area contributed by atoms with Crippen LogP contribution in [0.3, 0.4) is 0 Å². The van der Waals surface area contributed by atoms with Crippen molar-refractivity contribution in [3.05, 3.63) is 24.0 Å². The molecule has 3 N–H and O–H groups in total. The van der Waals surface area contributed by atoms with Gasteiger partial charge in [-0.25, -0.2) is 4.39 Å². The van der Waals surface area contributed by atoms with Crippen LogP contribution in [0, 0.1) is 5.82 Å². The third kappa shape index (κ3) is 3.65. The van der Waals surface area contributed by atoms with Crippen LogP contribution in [0.4, 0.5) is 15.8 Å². The molecule has 0 aromatic heterocycles. The average molecular weight is 267 g/mol. The number of amides is 1. The molecular weight excluding hydrogens is 249 g/mol. The summed E-state index contributed by atoms with van der Waals surface area (Å²) < 4.78 is 18.8. The van der Waals surface area contributed by atoms with E-state index in [1.807, 2.05) is 4.90 Å². The molecule has 1 aliphatic heterocycles. The van der Waals surface area contributed by atoms with Gasteiger partial charge in [0.2, 0.25) is 5.91 Å². The molecule has 1 atom stereocenters. The summed E-state index contributed by atoms with van der Waals surface area (Å²) in [7, 11) is 0. The Labute approximate surface area is 111 Å². The minimum Gasteiger partial charge on any atom is -0.378 e. The maximum absolute atomic E-state index is 13.6. The first-order valence-electron chi connectivity index (χ1n) is 6.26. The summed E-state index contributed by atoms with van der Waals surface area (Å²) >= 11 is 0. The SMILES string of the molecule is CC(N)C(=O)Nc1cc(F)cc(N2CCOCC2)c1. The number of ether oxygens (including phenoxy) is 1. The van der Waals surface area contributed by atoms with Gasteiger partial charge in [-0.15, -0.1) is 0 Å². The number of hydrogen-bond donors (Lipinski definition) is 2. The van der Waals surface area contributed by atoms with Crippen LogP contribution in [-0.4, -0.2) is 38.3 Å². The van der Waals surface area contributed by atoms with Gasteiger partial charge in [-0.2, -0.15) is 0 Å². The van der Waals surface area contributed by atoms with Crippen LogP contribution in [-0.2, 0) is 9.53 Å². The second kappa shape index (κ2) is 5.99. The van der Waals surface area contributed by atoms with E-state index in [1.165, 1.54) is 12.1 Å². The van der Waals surface area contributed by atoms with E-state index in [1.54, 1.807) is 13.0 Å². The predicted molar refractivity (Wildman–Crippen MR) is 71.7 cm³/mol. The summed E-state index contributed by atoms with van der Waals surface area (Å²) in [5, 5.41) is 2.60. The van der Waals surface area contributed by atoms with Crippen LogP contribution >= 0.6 is 0 Å². The normalized spacial score (nSPS) is 17.1. The number of nitrogens with one attached hydrogen (secondary N) is 1. The number of rotatable bonds is 3. The summed E-state index contributed by atoms with van der Waals surface area (Å²) in [6.45, 7) is 4.25. The fourth-order valence-electron chi connectivity index (χ4n) is 1.91. The van der Waals surface area contributed by atoms with Gasteiger partial charge in [-0.3, -0.25) is 4.79 Å². The van der Waals surface area contributed by atoms with Gasteiger partial charge in [-0.1, -0.05) is 0 Å². The molecule has 0 aliphatic carbocycles. The average Bonchev–Trinajstić information content (AvgIpc) is 2.39. The molecule has 2 rings (SSSR count). The molecule has 1 amide bonds. The Bertz CT molecular complexity index is 459. The molecule has 0 radical (unpaired) electrons. The molecule has 1 saturated heterocycles. The molecule has 5 nitrogen and oxygen atoms in total. The molecule has 0 bridgehead atoms. The highest BCUT2D eigenvalue weighted by atomic mass is 19.1. The summed E-state index contributed by atoms with van der Waals surface area (Å²) in [6, 6.07) is 3.85. The van der Waals surface area contributed by atoms with Crippen molar-refractivity contribution in [1.82, 2.24) is 0 Å². The van der Waals surface area contributed by atoms with E-state index in [0.717, 1.165) is 5.69 Å². The monoisotopic (exact) mass is 267 g/mol. The first-order chi connectivity index (χ1) is 9.06. The zero-order valence-corrected chi connectivity index (χ0v) is 10.9. The number of nitrogens with two attached hydrogens (primary N) is 1. The lowest BCUT2D eigenvalue weighted by Crippen LogP contribution is -2.36. The molecule has 1 fully saturated rings. The Hall–Kier alpha value is -1.66. The fraction of sp³-hybridized carbons (Fsp3) is 0.462. The number of hydrogen-bond acceptors (Lipinski definition) is 4. The predicted octanol–water partition coefficient (Wildman–Crippen LogP) is 0.948. The van der Waals surface area contributed by atoms with Crippen molar-refractivity contribution in [3.8, 4) is 0 Å². The Morgan fingerprint density at radius 1 is 1.42 bits per heavy atom. The first-order valence-corrected chi connectivity index (χ1v) is 6.26. The highest BCUT2D eigenvalue weighted by Gasteiger charge is 2.14. The number of nitrogens with zero attached hydrogens (tertiary/aromatic N) is 1. The zero-order chi connectivity index (χ0) is 13.8. The molecule has 6 heteroatoms. The Morgan fingerprint density at radius 3 is 2.74 bits per heavy atom. The number of carbonyl (C=O) groups excluding carboxylic acids is 1. The number of halogens is 1. The van der Waals surface area contributed by atoms with Gasteiger partial charge in [0.25, 0.3) is 0 Å². The third-order valence-electron chi connectivity index (χ3n) is 2.94. The summed E-state index contributed by atoms with van der Waals surface area (Å²) in [6.07, 6.45) is 0.